The van der Waals surface area contributed by atoms with Gasteiger partial charge in [0.15, 0.2) is 11.5 Å². The van der Waals surface area contributed by atoms with Crippen LogP contribution in [0, 0.1) is 0 Å². The first-order chi connectivity index (χ1) is 8.71. The van der Waals surface area contributed by atoms with Crippen molar-refractivity contribution in [1.82, 2.24) is 4.90 Å². The van der Waals surface area contributed by atoms with Gasteiger partial charge in [0.25, 0.3) is 0 Å². The van der Waals surface area contributed by atoms with Gasteiger partial charge in [0.2, 0.25) is 0 Å². The lowest BCUT2D eigenvalue weighted by atomic mass is 9.92. The van der Waals surface area contributed by atoms with E-state index in [0.717, 1.165) is 31.0 Å². The SMILES string of the molecule is CCCN1CCc2cc(OC)c(OC)cc2C1C. The molecule has 0 saturated heterocycles. The Hall–Kier alpha value is -1.22. The molecule has 1 unspecified atom stereocenters. The second kappa shape index (κ2) is 5.61. The smallest absolute Gasteiger partial charge is 0.161 e. The highest BCUT2D eigenvalue weighted by molar-refractivity contribution is 5.49. The van der Waals surface area contributed by atoms with E-state index in [1.54, 1.807) is 14.2 Å². The predicted octanol–water partition coefficient (Wildman–Crippen LogP) is 3.03. The maximum absolute atomic E-state index is 5.40. The number of hydrogen-bond donors (Lipinski definition) is 0. The summed E-state index contributed by atoms with van der Waals surface area (Å²) in [6.07, 6.45) is 2.30. The molecule has 1 atom stereocenters. The van der Waals surface area contributed by atoms with Gasteiger partial charge in [-0.05, 0) is 49.6 Å². The van der Waals surface area contributed by atoms with E-state index in [0.29, 0.717) is 6.04 Å². The van der Waals surface area contributed by atoms with E-state index < -0.39 is 0 Å². The number of ether oxygens (including phenoxy) is 2. The van der Waals surface area contributed by atoms with Crippen LogP contribution in [0.15, 0.2) is 12.1 Å². The van der Waals surface area contributed by atoms with Crippen molar-refractivity contribution in [2.24, 2.45) is 0 Å². The fraction of sp³-hybridized carbons (Fsp3) is 0.600. The van der Waals surface area contributed by atoms with E-state index in [1.165, 1.54) is 17.5 Å². The third kappa shape index (κ3) is 2.32. The van der Waals surface area contributed by atoms with Crippen LogP contribution >= 0.6 is 0 Å². The molecule has 100 valence electrons. The Labute approximate surface area is 110 Å². The maximum Gasteiger partial charge on any atom is 0.161 e. The predicted molar refractivity (Wildman–Crippen MR) is 73.5 cm³/mol. The number of hydrogen-bond acceptors (Lipinski definition) is 3. The Bertz CT molecular complexity index is 417. The zero-order valence-corrected chi connectivity index (χ0v) is 11.8. The van der Waals surface area contributed by atoms with Crippen LogP contribution in [-0.2, 0) is 6.42 Å². The zero-order chi connectivity index (χ0) is 13.1. The third-order valence-electron chi connectivity index (χ3n) is 3.82. The summed E-state index contributed by atoms with van der Waals surface area (Å²) in [6, 6.07) is 4.74. The van der Waals surface area contributed by atoms with Gasteiger partial charge in [-0.15, -0.1) is 0 Å². The van der Waals surface area contributed by atoms with Crippen LogP contribution in [0.1, 0.15) is 37.4 Å². The molecule has 0 amide bonds. The van der Waals surface area contributed by atoms with Crippen LogP contribution in [-0.4, -0.2) is 32.2 Å². The van der Waals surface area contributed by atoms with Gasteiger partial charge >= 0.3 is 0 Å². The first kappa shape index (κ1) is 13.2. The van der Waals surface area contributed by atoms with Gasteiger partial charge in [0, 0.05) is 12.6 Å². The second-order valence-corrected chi connectivity index (χ2v) is 4.87. The average molecular weight is 249 g/mol. The van der Waals surface area contributed by atoms with Crippen LogP contribution in [0.3, 0.4) is 0 Å². The number of fused-ring (bicyclic) bond motifs is 1. The Morgan fingerprint density at radius 2 is 1.89 bits per heavy atom. The fourth-order valence-electron chi connectivity index (χ4n) is 2.79. The monoisotopic (exact) mass is 249 g/mol. The summed E-state index contributed by atoms with van der Waals surface area (Å²) in [6.45, 7) is 6.81. The minimum absolute atomic E-state index is 0.466. The molecule has 1 aliphatic heterocycles. The Kier molecular flexibility index (Phi) is 4.12. The molecule has 1 aromatic rings. The number of nitrogens with zero attached hydrogens (tertiary/aromatic N) is 1. The van der Waals surface area contributed by atoms with E-state index in [2.05, 4.69) is 30.9 Å². The number of benzene rings is 1. The Balaban J connectivity index is 2.35. The van der Waals surface area contributed by atoms with Crippen LogP contribution in [0.2, 0.25) is 0 Å². The molecule has 0 spiro atoms. The molecule has 0 saturated carbocycles. The summed E-state index contributed by atoms with van der Waals surface area (Å²) in [5, 5.41) is 0. The minimum atomic E-state index is 0.466. The van der Waals surface area contributed by atoms with Crippen molar-refractivity contribution in [3.05, 3.63) is 23.3 Å². The van der Waals surface area contributed by atoms with E-state index in [-0.39, 0.29) is 0 Å². The topological polar surface area (TPSA) is 21.7 Å². The minimum Gasteiger partial charge on any atom is -0.493 e. The molecule has 18 heavy (non-hydrogen) atoms. The molecule has 1 aromatic carbocycles. The van der Waals surface area contributed by atoms with Gasteiger partial charge in [-0.25, -0.2) is 0 Å². The van der Waals surface area contributed by atoms with E-state index in [1.807, 2.05) is 0 Å². The summed E-state index contributed by atoms with van der Waals surface area (Å²) in [5.74, 6) is 1.67. The third-order valence-corrected chi connectivity index (χ3v) is 3.82. The van der Waals surface area contributed by atoms with E-state index in [4.69, 9.17) is 9.47 Å². The highest BCUT2D eigenvalue weighted by Gasteiger charge is 2.25. The number of rotatable bonds is 4. The zero-order valence-electron chi connectivity index (χ0n) is 11.8. The summed E-state index contributed by atoms with van der Waals surface area (Å²) in [7, 11) is 3.39. The lowest BCUT2D eigenvalue weighted by molar-refractivity contribution is 0.198. The molecule has 3 heteroatoms. The molecule has 0 radical (unpaired) electrons. The van der Waals surface area contributed by atoms with Crippen molar-refractivity contribution in [2.75, 3.05) is 27.3 Å². The maximum atomic E-state index is 5.40. The first-order valence-corrected chi connectivity index (χ1v) is 6.70. The second-order valence-electron chi connectivity index (χ2n) is 4.87. The van der Waals surface area contributed by atoms with E-state index in [9.17, 15) is 0 Å². The highest BCUT2D eigenvalue weighted by atomic mass is 16.5. The highest BCUT2D eigenvalue weighted by Crippen LogP contribution is 2.37. The quantitative estimate of drug-likeness (QED) is 0.818. The van der Waals surface area contributed by atoms with Gasteiger partial charge < -0.3 is 9.47 Å². The summed E-state index contributed by atoms with van der Waals surface area (Å²) in [5.41, 5.74) is 2.78. The molecular formula is C15H23NO2. The van der Waals surface area contributed by atoms with Crippen LogP contribution in [0.5, 0.6) is 11.5 Å². The lowest BCUT2D eigenvalue weighted by Gasteiger charge is -2.35. The summed E-state index contributed by atoms with van der Waals surface area (Å²) < 4.78 is 10.8. The van der Waals surface area contributed by atoms with E-state index >= 15 is 0 Å². The van der Waals surface area contributed by atoms with Crippen molar-refractivity contribution in [2.45, 2.75) is 32.7 Å². The molecule has 0 fully saturated rings. The molecule has 1 heterocycles. The molecular weight excluding hydrogens is 226 g/mol. The normalized spacial score (nSPS) is 19.4. The van der Waals surface area contributed by atoms with Crippen molar-refractivity contribution < 1.29 is 9.47 Å². The van der Waals surface area contributed by atoms with Crippen LogP contribution in [0.4, 0.5) is 0 Å². The molecule has 3 nitrogen and oxygen atoms in total. The molecule has 0 aliphatic carbocycles. The average Bonchev–Trinajstić information content (AvgIpc) is 2.41. The van der Waals surface area contributed by atoms with Gasteiger partial charge in [-0.1, -0.05) is 6.92 Å². The molecule has 0 bridgehead atoms. The van der Waals surface area contributed by atoms with Gasteiger partial charge in [0.1, 0.15) is 0 Å². The van der Waals surface area contributed by atoms with Gasteiger partial charge in [-0.3, -0.25) is 4.90 Å². The van der Waals surface area contributed by atoms with Crippen LogP contribution < -0.4 is 9.47 Å². The Morgan fingerprint density at radius 1 is 1.22 bits per heavy atom. The standard InChI is InChI=1S/C15H23NO2/c1-5-7-16-8-6-12-9-14(17-3)15(18-4)10-13(12)11(16)2/h9-11H,5-8H2,1-4H3. The van der Waals surface area contributed by atoms with Crippen molar-refractivity contribution in [3.8, 4) is 11.5 Å². The largest absolute Gasteiger partial charge is 0.493 e. The van der Waals surface area contributed by atoms with Gasteiger partial charge in [0.05, 0.1) is 14.2 Å². The van der Waals surface area contributed by atoms with Gasteiger partial charge in [-0.2, -0.15) is 0 Å². The fourth-order valence-corrected chi connectivity index (χ4v) is 2.79. The molecule has 0 aromatic heterocycles. The molecule has 0 N–H and O–H groups in total. The first-order valence-electron chi connectivity index (χ1n) is 6.70. The van der Waals surface area contributed by atoms with Crippen molar-refractivity contribution in [1.29, 1.82) is 0 Å². The van der Waals surface area contributed by atoms with Crippen LogP contribution in [0.25, 0.3) is 0 Å². The molecule has 2 rings (SSSR count). The summed E-state index contributed by atoms with van der Waals surface area (Å²) in [4.78, 5) is 2.54. The summed E-state index contributed by atoms with van der Waals surface area (Å²) >= 11 is 0. The van der Waals surface area contributed by atoms with Crippen molar-refractivity contribution >= 4 is 0 Å². The molecule has 1 aliphatic rings. The number of methoxy groups -OCH3 is 2. The lowest BCUT2D eigenvalue weighted by Crippen LogP contribution is -2.34. The van der Waals surface area contributed by atoms with Crippen molar-refractivity contribution in [3.63, 3.8) is 0 Å². The Morgan fingerprint density at radius 3 is 2.50 bits per heavy atom.